The molecule has 1 aromatic carbocycles. The number of hydrogen-bond acceptors (Lipinski definition) is 3. The first kappa shape index (κ1) is 14.3. The molecule has 0 aliphatic rings. The Bertz CT molecular complexity index is 554. The summed E-state index contributed by atoms with van der Waals surface area (Å²) in [5.74, 6) is 1.53. The summed E-state index contributed by atoms with van der Waals surface area (Å²) >= 11 is 3.57. The molecule has 0 bridgehead atoms. The summed E-state index contributed by atoms with van der Waals surface area (Å²) in [6.45, 7) is 5.03. The number of fused-ring (bicyclic) bond motifs is 1. The van der Waals surface area contributed by atoms with Crippen LogP contribution in [0.2, 0.25) is 0 Å². The van der Waals surface area contributed by atoms with Gasteiger partial charge in [0.1, 0.15) is 5.82 Å². The van der Waals surface area contributed by atoms with Gasteiger partial charge in [0.15, 0.2) is 0 Å². The normalized spacial score (nSPS) is 12.9. The van der Waals surface area contributed by atoms with E-state index in [0.29, 0.717) is 12.5 Å². The van der Waals surface area contributed by atoms with Crippen molar-refractivity contribution in [2.75, 3.05) is 11.9 Å². The second-order valence-corrected chi connectivity index (χ2v) is 6.06. The Kier molecular flexibility index (Phi) is 4.77. The van der Waals surface area contributed by atoms with Crippen molar-refractivity contribution < 1.29 is 0 Å². The third-order valence-electron chi connectivity index (χ3n) is 3.13. The van der Waals surface area contributed by atoms with Crippen LogP contribution < -0.4 is 11.1 Å². The zero-order valence-corrected chi connectivity index (χ0v) is 12.9. The average molecular weight is 322 g/mol. The molecule has 1 atom stereocenters. The highest BCUT2D eigenvalue weighted by molar-refractivity contribution is 9.10. The van der Waals surface area contributed by atoms with Gasteiger partial charge in [-0.15, -0.1) is 0 Å². The van der Waals surface area contributed by atoms with Crippen LogP contribution in [0.15, 0.2) is 34.9 Å². The first-order valence-electron chi connectivity index (χ1n) is 6.61. The quantitative estimate of drug-likeness (QED) is 0.881. The number of rotatable bonds is 5. The van der Waals surface area contributed by atoms with Gasteiger partial charge in [-0.2, -0.15) is 0 Å². The zero-order valence-electron chi connectivity index (χ0n) is 11.4. The Morgan fingerprint density at radius 3 is 2.74 bits per heavy atom. The van der Waals surface area contributed by atoms with Gasteiger partial charge in [-0.3, -0.25) is 0 Å². The summed E-state index contributed by atoms with van der Waals surface area (Å²) in [6, 6.07) is 8.43. The van der Waals surface area contributed by atoms with Crippen molar-refractivity contribution in [1.29, 1.82) is 0 Å². The van der Waals surface area contributed by atoms with Crippen LogP contribution in [0.5, 0.6) is 0 Å². The molecule has 1 heterocycles. The van der Waals surface area contributed by atoms with Gasteiger partial charge >= 0.3 is 0 Å². The van der Waals surface area contributed by atoms with Crippen LogP contribution in [-0.4, -0.2) is 17.6 Å². The van der Waals surface area contributed by atoms with Crippen LogP contribution in [-0.2, 0) is 0 Å². The fraction of sp³-hybridized carbons (Fsp3) is 0.400. The molecule has 0 amide bonds. The second kappa shape index (κ2) is 6.35. The summed E-state index contributed by atoms with van der Waals surface area (Å²) in [6.07, 6.45) is 2.88. The molecule has 2 rings (SSSR count). The predicted octanol–water partition coefficient (Wildman–Crippen LogP) is 3.78. The molecule has 0 fully saturated rings. The van der Waals surface area contributed by atoms with Crippen molar-refractivity contribution in [3.8, 4) is 0 Å². The molecule has 1 aromatic heterocycles. The summed E-state index contributed by atoms with van der Waals surface area (Å²) in [5.41, 5.74) is 5.84. The molecule has 0 saturated carbocycles. The molecule has 0 radical (unpaired) electrons. The minimum Gasteiger partial charge on any atom is -0.366 e. The molecule has 0 aliphatic heterocycles. The number of aromatic nitrogens is 1. The minimum atomic E-state index is 0.261. The smallest absolute Gasteiger partial charge is 0.134 e. The third kappa shape index (κ3) is 3.45. The lowest BCUT2D eigenvalue weighted by Crippen LogP contribution is -2.30. The Morgan fingerprint density at radius 1 is 1.26 bits per heavy atom. The van der Waals surface area contributed by atoms with E-state index >= 15 is 0 Å². The maximum atomic E-state index is 5.84. The van der Waals surface area contributed by atoms with Gasteiger partial charge in [-0.1, -0.05) is 41.9 Å². The van der Waals surface area contributed by atoms with E-state index in [1.54, 1.807) is 0 Å². The van der Waals surface area contributed by atoms with E-state index in [1.165, 1.54) is 5.39 Å². The molecule has 0 spiro atoms. The van der Waals surface area contributed by atoms with Crippen molar-refractivity contribution in [3.63, 3.8) is 0 Å². The van der Waals surface area contributed by atoms with E-state index in [1.807, 2.05) is 24.4 Å². The summed E-state index contributed by atoms with van der Waals surface area (Å²) < 4.78 is 1.09. The van der Waals surface area contributed by atoms with Crippen molar-refractivity contribution in [2.24, 2.45) is 11.7 Å². The van der Waals surface area contributed by atoms with E-state index in [4.69, 9.17) is 5.73 Å². The fourth-order valence-corrected chi connectivity index (χ4v) is 2.76. The molecule has 3 N–H and O–H groups in total. The molecule has 1 unspecified atom stereocenters. The maximum Gasteiger partial charge on any atom is 0.134 e. The lowest BCUT2D eigenvalue weighted by molar-refractivity contribution is 0.521. The second-order valence-electron chi connectivity index (χ2n) is 5.20. The monoisotopic (exact) mass is 321 g/mol. The number of nitrogens with two attached hydrogens (primary N) is 1. The molecular formula is C15H20BrN3. The van der Waals surface area contributed by atoms with Crippen molar-refractivity contribution in [3.05, 3.63) is 34.9 Å². The number of benzene rings is 1. The maximum absolute atomic E-state index is 5.84. The summed E-state index contributed by atoms with van der Waals surface area (Å²) in [4.78, 5) is 4.46. The molecule has 19 heavy (non-hydrogen) atoms. The summed E-state index contributed by atoms with van der Waals surface area (Å²) in [7, 11) is 0. The van der Waals surface area contributed by atoms with Gasteiger partial charge in [0, 0.05) is 34.0 Å². The number of halogens is 1. The molecule has 3 nitrogen and oxygen atoms in total. The van der Waals surface area contributed by atoms with Crippen molar-refractivity contribution in [1.82, 2.24) is 4.98 Å². The van der Waals surface area contributed by atoms with Gasteiger partial charge in [0.05, 0.1) is 0 Å². The van der Waals surface area contributed by atoms with Crippen molar-refractivity contribution >= 4 is 32.5 Å². The number of anilines is 1. The molecular weight excluding hydrogens is 302 g/mol. The highest BCUT2D eigenvalue weighted by Gasteiger charge is 2.12. The SMILES string of the molecule is CC(C)CC(CN)Nc1nccc2c(Br)cccc12. The van der Waals surface area contributed by atoms with Crippen molar-refractivity contribution in [2.45, 2.75) is 26.3 Å². The average Bonchev–Trinajstić information content (AvgIpc) is 2.38. The Morgan fingerprint density at radius 2 is 2.05 bits per heavy atom. The lowest BCUT2D eigenvalue weighted by atomic mass is 10.0. The Balaban J connectivity index is 2.32. The highest BCUT2D eigenvalue weighted by atomic mass is 79.9. The third-order valence-corrected chi connectivity index (χ3v) is 3.83. The van der Waals surface area contributed by atoms with Gasteiger partial charge in [-0.25, -0.2) is 4.98 Å². The zero-order chi connectivity index (χ0) is 13.8. The number of nitrogens with one attached hydrogen (secondary N) is 1. The Hall–Kier alpha value is -1.13. The molecule has 0 aliphatic carbocycles. The van der Waals surface area contributed by atoms with E-state index < -0.39 is 0 Å². The molecule has 4 heteroatoms. The van der Waals surface area contributed by atoms with Gasteiger partial charge in [0.25, 0.3) is 0 Å². The fourth-order valence-electron chi connectivity index (χ4n) is 2.26. The molecule has 102 valence electrons. The van der Waals surface area contributed by atoms with E-state index in [9.17, 15) is 0 Å². The van der Waals surface area contributed by atoms with Crippen LogP contribution in [0.4, 0.5) is 5.82 Å². The first-order valence-corrected chi connectivity index (χ1v) is 7.41. The van der Waals surface area contributed by atoms with Crippen LogP contribution in [0, 0.1) is 5.92 Å². The van der Waals surface area contributed by atoms with E-state index in [0.717, 1.165) is 22.1 Å². The van der Waals surface area contributed by atoms with Gasteiger partial charge in [0.2, 0.25) is 0 Å². The number of pyridine rings is 1. The van der Waals surface area contributed by atoms with Gasteiger partial charge < -0.3 is 11.1 Å². The highest BCUT2D eigenvalue weighted by Crippen LogP contribution is 2.28. The van der Waals surface area contributed by atoms with Crippen LogP contribution in [0.25, 0.3) is 10.8 Å². The first-order chi connectivity index (χ1) is 9.11. The summed E-state index contributed by atoms with van der Waals surface area (Å²) in [5, 5.41) is 5.76. The topological polar surface area (TPSA) is 50.9 Å². The predicted molar refractivity (Wildman–Crippen MR) is 85.4 cm³/mol. The van der Waals surface area contributed by atoms with Crippen LogP contribution in [0.1, 0.15) is 20.3 Å². The van der Waals surface area contributed by atoms with E-state index in [2.05, 4.69) is 46.1 Å². The molecule has 2 aromatic rings. The molecule has 0 saturated heterocycles. The lowest BCUT2D eigenvalue weighted by Gasteiger charge is -2.20. The number of nitrogens with zero attached hydrogens (tertiary/aromatic N) is 1. The van der Waals surface area contributed by atoms with Crippen LogP contribution >= 0.6 is 15.9 Å². The van der Waals surface area contributed by atoms with E-state index in [-0.39, 0.29) is 6.04 Å². The number of hydrogen-bond donors (Lipinski definition) is 2. The Labute approximate surface area is 122 Å². The standard InChI is InChI=1S/C15H20BrN3/c1-10(2)8-11(9-17)19-15-13-4-3-5-14(16)12(13)6-7-18-15/h3-7,10-11H,8-9,17H2,1-2H3,(H,18,19). The minimum absolute atomic E-state index is 0.261. The van der Waals surface area contributed by atoms with Gasteiger partial charge in [-0.05, 0) is 24.5 Å². The largest absolute Gasteiger partial charge is 0.366 e. The van der Waals surface area contributed by atoms with Crippen LogP contribution in [0.3, 0.4) is 0 Å².